The molecule has 0 amide bonds. The second-order valence-corrected chi connectivity index (χ2v) is 7.88. The molecule has 2 heterocycles. The number of nitrogens with zero attached hydrogens (tertiary/aromatic N) is 2. The van der Waals surface area contributed by atoms with E-state index in [9.17, 15) is 23.3 Å². The summed E-state index contributed by atoms with van der Waals surface area (Å²) in [7, 11) is -2.67. The normalized spacial score (nSPS) is 26.4. The van der Waals surface area contributed by atoms with Crippen molar-refractivity contribution >= 4 is 21.7 Å². The highest BCUT2D eigenvalue weighted by atomic mass is 32.2. The predicted molar refractivity (Wildman–Crippen MR) is 85.3 cm³/mol. The Morgan fingerprint density at radius 3 is 2.76 bits per heavy atom. The summed E-state index contributed by atoms with van der Waals surface area (Å²) in [5.74, 6) is -0.368. The van der Waals surface area contributed by atoms with Gasteiger partial charge in [-0.25, -0.2) is 8.42 Å². The largest absolute Gasteiger partial charge is 0.469 e. The summed E-state index contributed by atoms with van der Waals surface area (Å²) in [6, 6.07) is 4.94. The van der Waals surface area contributed by atoms with Gasteiger partial charge < -0.3 is 9.47 Å². The van der Waals surface area contributed by atoms with Crippen LogP contribution in [-0.4, -0.2) is 55.5 Å². The molecule has 25 heavy (non-hydrogen) atoms. The molecular formula is C15H18N2O7S. The van der Waals surface area contributed by atoms with Gasteiger partial charge in [-0.1, -0.05) is 12.1 Å². The maximum absolute atomic E-state index is 12.8. The van der Waals surface area contributed by atoms with Crippen LogP contribution < -0.4 is 0 Å². The van der Waals surface area contributed by atoms with Gasteiger partial charge in [0.05, 0.1) is 36.7 Å². The molecule has 0 spiro atoms. The zero-order chi connectivity index (χ0) is 18.2. The second-order valence-electron chi connectivity index (χ2n) is 6.02. The lowest BCUT2D eigenvalue weighted by Crippen LogP contribution is -2.65. The molecular weight excluding hydrogens is 352 g/mol. The Morgan fingerprint density at radius 1 is 1.40 bits per heavy atom. The molecule has 2 aliphatic rings. The molecule has 2 aliphatic heterocycles. The number of benzene rings is 1. The Morgan fingerprint density at radius 2 is 2.12 bits per heavy atom. The summed E-state index contributed by atoms with van der Waals surface area (Å²) < 4.78 is 37.2. The van der Waals surface area contributed by atoms with Crippen LogP contribution in [0.15, 0.2) is 29.2 Å². The molecule has 2 fully saturated rings. The Kier molecular flexibility index (Phi) is 4.76. The summed E-state index contributed by atoms with van der Waals surface area (Å²) in [4.78, 5) is 21.4. The number of hydrogen-bond acceptors (Lipinski definition) is 7. The molecule has 0 bridgehead atoms. The fourth-order valence-electron chi connectivity index (χ4n) is 3.27. The van der Waals surface area contributed by atoms with Crippen LogP contribution in [0.2, 0.25) is 0 Å². The van der Waals surface area contributed by atoms with Gasteiger partial charge in [0.15, 0.2) is 4.90 Å². The molecule has 0 aliphatic carbocycles. The van der Waals surface area contributed by atoms with E-state index in [4.69, 9.17) is 4.74 Å². The number of rotatable bonds is 5. The number of carbonyl (C=O) groups excluding carboxylic acids is 1. The van der Waals surface area contributed by atoms with E-state index in [-0.39, 0.29) is 42.1 Å². The Bertz CT molecular complexity index is 795. The van der Waals surface area contributed by atoms with E-state index >= 15 is 0 Å². The van der Waals surface area contributed by atoms with Crippen molar-refractivity contribution in [1.82, 2.24) is 4.31 Å². The maximum Gasteiger partial charge on any atom is 0.308 e. The van der Waals surface area contributed by atoms with Gasteiger partial charge in [-0.15, -0.1) is 0 Å². The first-order valence-corrected chi connectivity index (χ1v) is 9.26. The smallest absolute Gasteiger partial charge is 0.308 e. The van der Waals surface area contributed by atoms with E-state index < -0.39 is 20.6 Å². The number of methoxy groups -OCH3 is 1. The van der Waals surface area contributed by atoms with Gasteiger partial charge >= 0.3 is 5.97 Å². The Hall–Kier alpha value is -2.04. The lowest BCUT2D eigenvalue weighted by molar-refractivity contribution is -0.387. The summed E-state index contributed by atoms with van der Waals surface area (Å²) >= 11 is 0. The molecule has 9 nitrogen and oxygen atoms in total. The Balaban J connectivity index is 1.74. The number of ether oxygens (including phenoxy) is 2. The lowest BCUT2D eigenvalue weighted by Gasteiger charge is -2.50. The van der Waals surface area contributed by atoms with Crippen molar-refractivity contribution in [2.75, 3.05) is 13.7 Å². The van der Waals surface area contributed by atoms with Gasteiger partial charge in [0.2, 0.25) is 10.0 Å². The highest BCUT2D eigenvalue weighted by Crippen LogP contribution is 2.38. The first-order valence-electron chi connectivity index (χ1n) is 7.82. The molecule has 136 valence electrons. The third-order valence-electron chi connectivity index (χ3n) is 4.58. The standard InChI is InChI=1S/C15H18N2O7S/c1-23-15(18)8-10-6-7-11-13(24-10)9-16(11)25(21,22)14-5-3-2-4-12(14)17(19)20/h2-5,10-11,13H,6-9H2,1H3/t10-,11-,13-/m1/s1. The molecule has 0 saturated carbocycles. The summed E-state index contributed by atoms with van der Waals surface area (Å²) in [6.07, 6.45) is 0.604. The molecule has 3 atom stereocenters. The highest BCUT2D eigenvalue weighted by Gasteiger charge is 2.51. The molecule has 0 aromatic heterocycles. The zero-order valence-electron chi connectivity index (χ0n) is 13.5. The third-order valence-corrected chi connectivity index (χ3v) is 6.52. The third kappa shape index (κ3) is 3.24. The quantitative estimate of drug-likeness (QED) is 0.432. The van der Waals surface area contributed by atoms with Crippen LogP contribution >= 0.6 is 0 Å². The first-order chi connectivity index (χ1) is 11.8. The maximum atomic E-state index is 12.8. The number of nitro benzene ring substituents is 1. The Labute approximate surface area is 144 Å². The summed E-state index contributed by atoms with van der Waals surface area (Å²) in [5.41, 5.74) is -0.439. The van der Waals surface area contributed by atoms with Gasteiger partial charge in [0.25, 0.3) is 5.69 Å². The van der Waals surface area contributed by atoms with E-state index in [2.05, 4.69) is 4.74 Å². The first kappa shape index (κ1) is 17.8. The van der Waals surface area contributed by atoms with Crippen molar-refractivity contribution in [3.63, 3.8) is 0 Å². The zero-order valence-corrected chi connectivity index (χ0v) is 14.3. The van der Waals surface area contributed by atoms with E-state index in [1.54, 1.807) is 0 Å². The molecule has 0 unspecified atom stereocenters. The SMILES string of the molecule is COC(=O)C[C@H]1CC[C@@H]2[C@@H](CN2S(=O)(=O)c2ccccc2[N+](=O)[O-])O1. The molecule has 2 saturated heterocycles. The highest BCUT2D eigenvalue weighted by molar-refractivity contribution is 7.89. The predicted octanol–water partition coefficient (Wildman–Crippen LogP) is 1.08. The fourth-order valence-corrected chi connectivity index (χ4v) is 5.12. The van der Waals surface area contributed by atoms with Crippen molar-refractivity contribution in [3.8, 4) is 0 Å². The van der Waals surface area contributed by atoms with Crippen molar-refractivity contribution in [2.24, 2.45) is 0 Å². The van der Waals surface area contributed by atoms with Crippen LogP contribution in [-0.2, 0) is 24.3 Å². The van der Waals surface area contributed by atoms with Crippen molar-refractivity contribution in [2.45, 2.75) is 42.4 Å². The minimum absolute atomic E-state index is 0.122. The van der Waals surface area contributed by atoms with Crippen LogP contribution in [0.5, 0.6) is 0 Å². The van der Waals surface area contributed by atoms with E-state index in [1.807, 2.05) is 0 Å². The number of fused-ring (bicyclic) bond motifs is 1. The van der Waals surface area contributed by atoms with Gasteiger partial charge in [-0.05, 0) is 18.9 Å². The van der Waals surface area contributed by atoms with Gasteiger partial charge in [-0.2, -0.15) is 4.31 Å². The van der Waals surface area contributed by atoms with Crippen LogP contribution in [0.25, 0.3) is 0 Å². The van der Waals surface area contributed by atoms with Crippen LogP contribution in [0.4, 0.5) is 5.69 Å². The summed E-state index contributed by atoms with van der Waals surface area (Å²) in [6.45, 7) is 0.122. The number of carbonyl (C=O) groups is 1. The number of nitro groups is 1. The van der Waals surface area contributed by atoms with Crippen molar-refractivity contribution in [1.29, 1.82) is 0 Å². The number of sulfonamides is 1. The van der Waals surface area contributed by atoms with Gasteiger partial charge in [0, 0.05) is 12.6 Å². The molecule has 1 aromatic rings. The van der Waals surface area contributed by atoms with Crippen LogP contribution in [0.1, 0.15) is 19.3 Å². The topological polar surface area (TPSA) is 116 Å². The molecule has 10 heteroatoms. The minimum Gasteiger partial charge on any atom is -0.469 e. The molecule has 1 aromatic carbocycles. The van der Waals surface area contributed by atoms with Crippen LogP contribution in [0, 0.1) is 10.1 Å². The van der Waals surface area contributed by atoms with Gasteiger partial charge in [-0.3, -0.25) is 14.9 Å². The molecule has 3 rings (SSSR count). The fraction of sp³-hybridized carbons (Fsp3) is 0.533. The van der Waals surface area contributed by atoms with Gasteiger partial charge in [0.1, 0.15) is 0 Å². The molecule has 0 radical (unpaired) electrons. The number of para-hydroxylation sites is 1. The van der Waals surface area contributed by atoms with Crippen molar-refractivity contribution < 1.29 is 27.6 Å². The second kappa shape index (κ2) is 6.70. The van der Waals surface area contributed by atoms with E-state index in [0.29, 0.717) is 12.8 Å². The van der Waals surface area contributed by atoms with E-state index in [0.717, 1.165) is 0 Å². The minimum atomic E-state index is -3.97. The average Bonchev–Trinajstić information content (AvgIpc) is 2.56. The monoisotopic (exact) mass is 370 g/mol. The number of esters is 1. The summed E-state index contributed by atoms with van der Waals surface area (Å²) in [5, 5.41) is 11.1. The average molecular weight is 370 g/mol. The lowest BCUT2D eigenvalue weighted by atomic mass is 9.91. The number of hydrogen-bond donors (Lipinski definition) is 0. The van der Waals surface area contributed by atoms with Crippen LogP contribution in [0.3, 0.4) is 0 Å². The van der Waals surface area contributed by atoms with E-state index in [1.165, 1.54) is 35.7 Å². The van der Waals surface area contributed by atoms with Crippen molar-refractivity contribution in [3.05, 3.63) is 34.4 Å². The molecule has 0 N–H and O–H groups in total.